The Morgan fingerprint density at radius 1 is 0.841 bits per heavy atom. The number of aliphatic hydroxyl groups is 2. The van der Waals surface area contributed by atoms with Gasteiger partial charge in [-0.3, -0.25) is 8.37 Å². The van der Waals surface area contributed by atoms with Gasteiger partial charge in [-0.15, -0.1) is 0 Å². The highest BCUT2D eigenvalue weighted by atomic mass is 32.2. The Morgan fingerprint density at radius 3 is 1.98 bits per heavy atom. The summed E-state index contributed by atoms with van der Waals surface area (Å²) in [6.07, 6.45) is -7.58. The maximum Gasteiger partial charge on any atom is 0.297 e. The highest BCUT2D eigenvalue weighted by molar-refractivity contribution is 7.87. The van der Waals surface area contributed by atoms with Crippen LogP contribution >= 0.6 is 0 Å². The molecule has 2 fully saturated rings. The summed E-state index contributed by atoms with van der Waals surface area (Å²) in [7, 11) is -5.70. The molecule has 2 heterocycles. The van der Waals surface area contributed by atoms with Crippen LogP contribution < -0.4 is 9.47 Å². The lowest BCUT2D eigenvalue weighted by Gasteiger charge is -2.38. The van der Waals surface area contributed by atoms with E-state index < -0.39 is 63.2 Å². The van der Waals surface area contributed by atoms with Crippen molar-refractivity contribution in [1.29, 1.82) is 0 Å². The topological polar surface area (TPSA) is 164 Å². The van der Waals surface area contributed by atoms with Crippen LogP contribution in [-0.4, -0.2) is 78.4 Å². The Bertz CT molecular complexity index is 1690. The minimum Gasteiger partial charge on any atom is -0.493 e. The molecule has 0 aliphatic carbocycles. The van der Waals surface area contributed by atoms with Gasteiger partial charge in [0.1, 0.15) is 30.5 Å². The minimum atomic E-state index is -4.34. The standard InChI is InChI=1S/C30H34O12S2/c1-18-5-10-21(11-6-18)43(33,34)39-17-23(31)28-29-27(32)26(42-44(35,36)22-12-7-19(2)8-13-22)16-30(40-28,41-29)20-9-14-24(37-3)25(15-20)38-4/h5-15,23,26-29,31-32H,16-17H2,1-4H3/t23-,26-,27-,28-,29-,30-/m1/s1. The van der Waals surface area contributed by atoms with E-state index in [2.05, 4.69) is 0 Å². The normalized spacial score (nSPS) is 25.9. The molecule has 2 aliphatic heterocycles. The van der Waals surface area contributed by atoms with Gasteiger partial charge in [0.05, 0.1) is 30.6 Å². The van der Waals surface area contributed by atoms with E-state index in [9.17, 15) is 27.0 Å². The first kappa shape index (κ1) is 32.3. The first-order valence-electron chi connectivity index (χ1n) is 13.7. The summed E-state index contributed by atoms with van der Waals surface area (Å²) in [6, 6.07) is 16.8. The van der Waals surface area contributed by atoms with Crippen molar-refractivity contribution in [3.63, 3.8) is 0 Å². The maximum absolute atomic E-state index is 13.2. The number of rotatable bonds is 11. The van der Waals surface area contributed by atoms with Crippen molar-refractivity contribution in [3.05, 3.63) is 83.4 Å². The second-order valence-corrected chi connectivity index (χ2v) is 13.9. The van der Waals surface area contributed by atoms with Crippen molar-refractivity contribution >= 4 is 20.2 Å². The number of methoxy groups -OCH3 is 2. The van der Waals surface area contributed by atoms with Crippen LogP contribution in [0.3, 0.4) is 0 Å². The molecular formula is C30H34O12S2. The predicted molar refractivity (Wildman–Crippen MR) is 155 cm³/mol. The van der Waals surface area contributed by atoms with E-state index in [0.717, 1.165) is 11.1 Å². The Labute approximate surface area is 256 Å². The molecule has 0 unspecified atom stereocenters. The maximum atomic E-state index is 13.2. The zero-order valence-corrected chi connectivity index (χ0v) is 26.1. The molecule has 0 aromatic heterocycles. The first-order valence-corrected chi connectivity index (χ1v) is 16.5. The van der Waals surface area contributed by atoms with Crippen LogP contribution in [0.25, 0.3) is 0 Å². The van der Waals surface area contributed by atoms with Crippen LogP contribution in [0.15, 0.2) is 76.5 Å². The van der Waals surface area contributed by atoms with Gasteiger partial charge in [-0.2, -0.15) is 16.8 Å². The van der Waals surface area contributed by atoms with Gasteiger partial charge in [0, 0.05) is 12.0 Å². The van der Waals surface area contributed by atoms with E-state index in [1.807, 2.05) is 6.92 Å². The third-order valence-corrected chi connectivity index (χ3v) is 10.3. The molecule has 2 aliphatic rings. The molecule has 12 nitrogen and oxygen atoms in total. The quantitative estimate of drug-likeness (QED) is 0.292. The van der Waals surface area contributed by atoms with Gasteiger partial charge in [0.2, 0.25) is 0 Å². The van der Waals surface area contributed by atoms with E-state index >= 15 is 0 Å². The average Bonchev–Trinajstić information content (AvgIpc) is 3.34. The molecule has 2 N–H and O–H groups in total. The Hall–Kier alpha value is -3.08. The van der Waals surface area contributed by atoms with Gasteiger partial charge < -0.3 is 29.2 Å². The molecule has 6 atom stereocenters. The van der Waals surface area contributed by atoms with E-state index in [0.29, 0.717) is 17.1 Å². The molecule has 2 saturated heterocycles. The molecule has 5 rings (SSSR count). The van der Waals surface area contributed by atoms with Crippen molar-refractivity contribution in [2.75, 3.05) is 20.8 Å². The molecule has 14 heteroatoms. The van der Waals surface area contributed by atoms with E-state index in [1.165, 1.54) is 38.5 Å². The molecule has 0 amide bonds. The van der Waals surface area contributed by atoms with Gasteiger partial charge in [0.15, 0.2) is 17.3 Å². The third-order valence-electron chi connectivity index (χ3n) is 7.63. The lowest BCUT2D eigenvalue weighted by Crippen LogP contribution is -2.52. The lowest BCUT2D eigenvalue weighted by molar-refractivity contribution is -0.243. The van der Waals surface area contributed by atoms with Gasteiger partial charge in [0.25, 0.3) is 20.2 Å². The second kappa shape index (κ2) is 12.4. The summed E-state index contributed by atoms with van der Waals surface area (Å²) in [6.45, 7) is 2.88. The molecule has 2 bridgehead atoms. The largest absolute Gasteiger partial charge is 0.493 e. The fraction of sp³-hybridized carbons (Fsp3) is 0.400. The molecule has 238 valence electrons. The molecule has 0 saturated carbocycles. The molecule has 44 heavy (non-hydrogen) atoms. The van der Waals surface area contributed by atoms with Gasteiger partial charge in [-0.1, -0.05) is 35.4 Å². The van der Waals surface area contributed by atoms with Crippen LogP contribution in [0, 0.1) is 13.8 Å². The Balaban J connectivity index is 1.45. The van der Waals surface area contributed by atoms with Crippen molar-refractivity contribution in [3.8, 4) is 11.5 Å². The van der Waals surface area contributed by atoms with Gasteiger partial charge in [-0.05, 0) is 56.3 Å². The summed E-state index contributed by atoms with van der Waals surface area (Å²) in [4.78, 5) is -0.212. The monoisotopic (exact) mass is 650 g/mol. The highest BCUT2D eigenvalue weighted by Crippen LogP contribution is 2.50. The SMILES string of the molecule is COc1ccc([C@@]23C[C@@H](OS(=O)(=O)c4ccc(C)cc4)[C@@H](O)[C@@H](O2)[C@@H]([C@H](O)COS(=O)(=O)c2ccc(C)cc2)O3)cc1OC. The van der Waals surface area contributed by atoms with Crippen molar-refractivity contribution in [2.45, 2.75) is 66.4 Å². The minimum absolute atomic E-state index is 0.103. The average molecular weight is 651 g/mol. The summed E-state index contributed by atoms with van der Waals surface area (Å²) < 4.78 is 85.8. The smallest absolute Gasteiger partial charge is 0.297 e. The van der Waals surface area contributed by atoms with Crippen LogP contribution in [-0.2, 0) is 43.9 Å². The Kier molecular flexibility index (Phi) is 9.08. The number of ether oxygens (including phenoxy) is 4. The molecular weight excluding hydrogens is 616 g/mol. The van der Waals surface area contributed by atoms with E-state index in [1.54, 1.807) is 49.4 Å². The molecule has 0 radical (unpaired) electrons. The lowest BCUT2D eigenvalue weighted by atomic mass is 9.91. The zero-order chi connectivity index (χ0) is 31.9. The zero-order valence-electron chi connectivity index (χ0n) is 24.4. The molecule has 3 aromatic carbocycles. The number of fused-ring (bicyclic) bond motifs is 2. The number of benzene rings is 3. The highest BCUT2D eigenvalue weighted by Gasteiger charge is 2.61. The number of aryl methyl sites for hydroxylation is 2. The second-order valence-electron chi connectivity index (χ2n) is 10.7. The van der Waals surface area contributed by atoms with Crippen LogP contribution in [0.1, 0.15) is 23.1 Å². The number of hydrogen-bond donors (Lipinski definition) is 2. The fourth-order valence-corrected chi connectivity index (χ4v) is 7.24. The molecule has 0 spiro atoms. The van der Waals surface area contributed by atoms with Crippen molar-refractivity contribution < 1.29 is 54.4 Å². The van der Waals surface area contributed by atoms with Crippen LogP contribution in [0.2, 0.25) is 0 Å². The molecule has 3 aromatic rings. The van der Waals surface area contributed by atoms with E-state index in [-0.39, 0.29) is 16.2 Å². The summed E-state index contributed by atoms with van der Waals surface area (Å²) in [5.41, 5.74) is 2.05. The van der Waals surface area contributed by atoms with Gasteiger partial charge in [-0.25, -0.2) is 0 Å². The number of hydrogen-bond acceptors (Lipinski definition) is 12. The first-order chi connectivity index (χ1) is 20.8. The number of aliphatic hydroxyl groups excluding tert-OH is 2. The van der Waals surface area contributed by atoms with Crippen molar-refractivity contribution in [2.24, 2.45) is 0 Å². The summed E-state index contributed by atoms with van der Waals surface area (Å²) in [5, 5.41) is 22.4. The fourth-order valence-electron chi connectivity index (χ4n) is 5.22. The van der Waals surface area contributed by atoms with Crippen molar-refractivity contribution in [1.82, 2.24) is 0 Å². The third kappa shape index (κ3) is 6.34. The van der Waals surface area contributed by atoms with Crippen LogP contribution in [0.4, 0.5) is 0 Å². The Morgan fingerprint density at radius 2 is 1.41 bits per heavy atom. The predicted octanol–water partition coefficient (Wildman–Crippen LogP) is 2.56. The summed E-state index contributed by atoms with van der Waals surface area (Å²) in [5.74, 6) is -1.01. The van der Waals surface area contributed by atoms with Gasteiger partial charge >= 0.3 is 0 Å². The van der Waals surface area contributed by atoms with E-state index in [4.69, 9.17) is 27.3 Å². The van der Waals surface area contributed by atoms with Crippen LogP contribution in [0.5, 0.6) is 11.5 Å². The summed E-state index contributed by atoms with van der Waals surface area (Å²) >= 11 is 0.